The molecule has 0 fully saturated rings. The van der Waals surface area contributed by atoms with Crippen molar-refractivity contribution in [2.24, 2.45) is 7.05 Å². The van der Waals surface area contributed by atoms with Gasteiger partial charge in [-0.3, -0.25) is 9.59 Å². The van der Waals surface area contributed by atoms with E-state index in [4.69, 9.17) is 0 Å². The summed E-state index contributed by atoms with van der Waals surface area (Å²) in [4.78, 5) is 24.6. The number of amides is 1. The number of aromatic hydroxyl groups is 1. The van der Waals surface area contributed by atoms with Crippen molar-refractivity contribution in [3.8, 4) is 5.75 Å². The maximum atomic E-state index is 12.5. The Labute approximate surface area is 139 Å². The number of carbonyl (C=O) groups is 1. The summed E-state index contributed by atoms with van der Waals surface area (Å²) >= 11 is 0. The van der Waals surface area contributed by atoms with Crippen LogP contribution in [0, 0.1) is 0 Å². The van der Waals surface area contributed by atoms with Crippen molar-refractivity contribution in [3.63, 3.8) is 0 Å². The van der Waals surface area contributed by atoms with Gasteiger partial charge >= 0.3 is 0 Å². The summed E-state index contributed by atoms with van der Waals surface area (Å²) in [6, 6.07) is 16.8. The van der Waals surface area contributed by atoms with Gasteiger partial charge in [-0.2, -0.15) is 0 Å². The van der Waals surface area contributed by atoms with Crippen LogP contribution in [0.1, 0.15) is 15.9 Å². The maximum Gasteiger partial charge on any atom is 0.293 e. The Bertz CT molecular complexity index is 946. The fourth-order valence-corrected chi connectivity index (χ4v) is 2.76. The number of aromatic nitrogens is 1. The van der Waals surface area contributed by atoms with Crippen LogP contribution < -0.4 is 10.9 Å². The van der Waals surface area contributed by atoms with Crippen LogP contribution in [-0.2, 0) is 13.5 Å². The molecule has 0 bridgehead atoms. The number of nitrogens with zero attached hydrogens (tertiary/aromatic N) is 1. The lowest BCUT2D eigenvalue weighted by molar-refractivity contribution is 0.0953. The second-order valence-electron chi connectivity index (χ2n) is 5.60. The van der Waals surface area contributed by atoms with Gasteiger partial charge in [-0.05, 0) is 18.1 Å². The van der Waals surface area contributed by atoms with Crippen LogP contribution >= 0.6 is 0 Å². The van der Waals surface area contributed by atoms with Crippen molar-refractivity contribution in [2.45, 2.75) is 6.42 Å². The molecule has 24 heavy (non-hydrogen) atoms. The van der Waals surface area contributed by atoms with Crippen LogP contribution in [-0.4, -0.2) is 22.1 Å². The van der Waals surface area contributed by atoms with E-state index in [2.05, 4.69) is 5.32 Å². The SMILES string of the molecule is Cn1c(=O)c(O)c(C(=O)NCCc2ccccc2)c2ccccc21. The van der Waals surface area contributed by atoms with Gasteiger partial charge in [0.1, 0.15) is 0 Å². The van der Waals surface area contributed by atoms with Gasteiger partial charge in [-0.15, -0.1) is 0 Å². The summed E-state index contributed by atoms with van der Waals surface area (Å²) in [7, 11) is 1.57. The van der Waals surface area contributed by atoms with E-state index in [1.54, 1.807) is 31.3 Å². The third kappa shape index (κ3) is 2.88. The average molecular weight is 322 g/mol. The highest BCUT2D eigenvalue weighted by Crippen LogP contribution is 2.23. The van der Waals surface area contributed by atoms with E-state index in [1.807, 2.05) is 30.3 Å². The molecule has 3 rings (SSSR count). The molecule has 1 amide bonds. The molecule has 2 aromatic carbocycles. The normalized spacial score (nSPS) is 10.7. The average Bonchev–Trinajstić information content (AvgIpc) is 2.61. The minimum Gasteiger partial charge on any atom is -0.502 e. The van der Waals surface area contributed by atoms with E-state index in [9.17, 15) is 14.7 Å². The summed E-state index contributed by atoms with van der Waals surface area (Å²) in [5.74, 6) is -0.967. The first-order valence-corrected chi connectivity index (χ1v) is 7.72. The molecule has 0 aliphatic rings. The minimum atomic E-state index is -0.582. The van der Waals surface area contributed by atoms with Gasteiger partial charge in [0.05, 0.1) is 11.1 Å². The molecule has 5 nitrogen and oxygen atoms in total. The standard InChI is InChI=1S/C19H18N2O3/c1-21-15-10-6-5-9-14(15)16(17(22)19(21)24)18(23)20-12-11-13-7-3-2-4-8-13/h2-10,22H,11-12H2,1H3,(H,20,23). The molecular formula is C19H18N2O3. The first-order chi connectivity index (χ1) is 11.6. The highest BCUT2D eigenvalue weighted by atomic mass is 16.3. The predicted octanol–water partition coefficient (Wildman–Crippen LogP) is 2.22. The molecule has 5 heteroatoms. The molecular weight excluding hydrogens is 304 g/mol. The molecule has 2 N–H and O–H groups in total. The number of para-hydroxylation sites is 1. The van der Waals surface area contributed by atoms with E-state index < -0.39 is 17.2 Å². The van der Waals surface area contributed by atoms with Crippen molar-refractivity contribution >= 4 is 16.8 Å². The van der Waals surface area contributed by atoms with E-state index in [1.165, 1.54) is 4.57 Å². The number of aryl methyl sites for hydroxylation is 1. The molecule has 3 aromatic rings. The molecule has 0 atom stereocenters. The molecule has 1 heterocycles. The van der Waals surface area contributed by atoms with Crippen LogP contribution in [0.3, 0.4) is 0 Å². The molecule has 0 saturated heterocycles. The zero-order valence-electron chi connectivity index (χ0n) is 13.3. The second kappa shape index (κ2) is 6.58. The maximum absolute atomic E-state index is 12.5. The summed E-state index contributed by atoms with van der Waals surface area (Å²) in [6.45, 7) is 0.422. The summed E-state index contributed by atoms with van der Waals surface area (Å²) in [6.07, 6.45) is 0.677. The smallest absolute Gasteiger partial charge is 0.293 e. The highest BCUT2D eigenvalue weighted by molar-refractivity contribution is 6.08. The minimum absolute atomic E-state index is 0.0294. The van der Waals surface area contributed by atoms with Crippen molar-refractivity contribution in [1.82, 2.24) is 9.88 Å². The summed E-state index contributed by atoms with van der Waals surface area (Å²) < 4.78 is 1.34. The van der Waals surface area contributed by atoms with Gasteiger partial charge in [-0.25, -0.2) is 0 Å². The van der Waals surface area contributed by atoms with E-state index in [0.717, 1.165) is 5.56 Å². The van der Waals surface area contributed by atoms with Gasteiger partial charge in [0.2, 0.25) is 0 Å². The van der Waals surface area contributed by atoms with Gasteiger partial charge in [0.25, 0.3) is 11.5 Å². The Balaban J connectivity index is 1.88. The molecule has 0 radical (unpaired) electrons. The molecule has 0 saturated carbocycles. The molecule has 1 aromatic heterocycles. The molecule has 0 spiro atoms. The summed E-state index contributed by atoms with van der Waals surface area (Å²) in [5.41, 5.74) is 1.16. The predicted molar refractivity (Wildman–Crippen MR) is 93.3 cm³/mol. The fourth-order valence-electron chi connectivity index (χ4n) is 2.76. The number of nitrogens with one attached hydrogen (secondary N) is 1. The Kier molecular flexibility index (Phi) is 4.33. The van der Waals surface area contributed by atoms with Crippen molar-refractivity contribution in [3.05, 3.63) is 76.1 Å². The molecule has 0 aliphatic heterocycles. The first kappa shape index (κ1) is 15.8. The van der Waals surface area contributed by atoms with Gasteiger partial charge < -0.3 is 15.0 Å². The number of benzene rings is 2. The Hall–Kier alpha value is -3.08. The number of fused-ring (bicyclic) bond motifs is 1. The highest BCUT2D eigenvalue weighted by Gasteiger charge is 2.19. The largest absolute Gasteiger partial charge is 0.502 e. The molecule has 0 unspecified atom stereocenters. The van der Waals surface area contributed by atoms with Crippen molar-refractivity contribution < 1.29 is 9.90 Å². The first-order valence-electron chi connectivity index (χ1n) is 7.72. The van der Waals surface area contributed by atoms with Crippen molar-refractivity contribution in [2.75, 3.05) is 6.54 Å². The second-order valence-corrected chi connectivity index (χ2v) is 5.60. The van der Waals surface area contributed by atoms with Crippen LogP contribution in [0.4, 0.5) is 0 Å². The lowest BCUT2D eigenvalue weighted by Crippen LogP contribution is -2.29. The quantitative estimate of drug-likeness (QED) is 0.774. The monoisotopic (exact) mass is 322 g/mol. The van der Waals surface area contributed by atoms with E-state index in [0.29, 0.717) is 23.9 Å². The third-order valence-corrected chi connectivity index (χ3v) is 4.05. The topological polar surface area (TPSA) is 71.3 Å². The lowest BCUT2D eigenvalue weighted by atomic mass is 10.1. The lowest BCUT2D eigenvalue weighted by Gasteiger charge is -2.12. The number of carbonyl (C=O) groups excluding carboxylic acids is 1. The Morgan fingerprint density at radius 3 is 2.50 bits per heavy atom. The summed E-state index contributed by atoms with van der Waals surface area (Å²) in [5, 5.41) is 13.5. The van der Waals surface area contributed by atoms with Gasteiger partial charge in [0, 0.05) is 19.0 Å². The number of rotatable bonds is 4. The Morgan fingerprint density at radius 1 is 1.08 bits per heavy atom. The van der Waals surface area contributed by atoms with E-state index >= 15 is 0 Å². The van der Waals surface area contributed by atoms with Gasteiger partial charge in [0.15, 0.2) is 5.75 Å². The third-order valence-electron chi connectivity index (χ3n) is 4.05. The van der Waals surface area contributed by atoms with Crippen LogP contribution in [0.2, 0.25) is 0 Å². The van der Waals surface area contributed by atoms with Crippen LogP contribution in [0.15, 0.2) is 59.4 Å². The fraction of sp³-hybridized carbons (Fsp3) is 0.158. The van der Waals surface area contributed by atoms with Gasteiger partial charge in [-0.1, -0.05) is 48.5 Å². The Morgan fingerprint density at radius 2 is 1.75 bits per heavy atom. The molecule has 122 valence electrons. The number of hydrogen-bond acceptors (Lipinski definition) is 3. The molecule has 0 aliphatic carbocycles. The zero-order chi connectivity index (χ0) is 17.1. The van der Waals surface area contributed by atoms with E-state index in [-0.39, 0.29) is 5.56 Å². The van der Waals surface area contributed by atoms with Crippen molar-refractivity contribution in [1.29, 1.82) is 0 Å². The van der Waals surface area contributed by atoms with Crippen LogP contribution in [0.25, 0.3) is 10.9 Å². The zero-order valence-corrected chi connectivity index (χ0v) is 13.3. The van der Waals surface area contributed by atoms with Crippen LogP contribution in [0.5, 0.6) is 5.75 Å². The number of hydrogen-bond donors (Lipinski definition) is 2. The number of pyridine rings is 1.